The van der Waals surface area contributed by atoms with Gasteiger partial charge in [-0.05, 0) is 33.6 Å². The molecule has 2 atom stereocenters. The second kappa shape index (κ2) is 5.10. The average Bonchev–Trinajstić information content (AvgIpc) is 2.48. The standard InChI is InChI=1S/C11H22O3/c1-9(2)13-6-4-11(8-12)5-7-14-10(11)3/h9-10,12H,4-8H2,1-3H3. The Morgan fingerprint density at radius 3 is 2.71 bits per heavy atom. The van der Waals surface area contributed by atoms with Gasteiger partial charge in [0.2, 0.25) is 0 Å². The van der Waals surface area contributed by atoms with Crippen molar-refractivity contribution in [1.82, 2.24) is 0 Å². The smallest absolute Gasteiger partial charge is 0.0626 e. The minimum atomic E-state index is -0.0606. The summed E-state index contributed by atoms with van der Waals surface area (Å²) in [7, 11) is 0. The molecule has 1 saturated heterocycles. The summed E-state index contributed by atoms with van der Waals surface area (Å²) in [6.07, 6.45) is 2.27. The van der Waals surface area contributed by atoms with E-state index in [9.17, 15) is 5.11 Å². The van der Waals surface area contributed by atoms with Gasteiger partial charge in [-0.3, -0.25) is 0 Å². The SMILES string of the molecule is CC(C)OCCC1(CO)CCOC1C. The highest BCUT2D eigenvalue weighted by atomic mass is 16.5. The zero-order valence-electron chi connectivity index (χ0n) is 9.45. The largest absolute Gasteiger partial charge is 0.396 e. The summed E-state index contributed by atoms with van der Waals surface area (Å²) in [4.78, 5) is 0. The van der Waals surface area contributed by atoms with E-state index in [2.05, 4.69) is 0 Å². The summed E-state index contributed by atoms with van der Waals surface area (Å²) in [5, 5.41) is 9.42. The van der Waals surface area contributed by atoms with E-state index >= 15 is 0 Å². The minimum absolute atomic E-state index is 0.0606. The molecule has 0 radical (unpaired) electrons. The van der Waals surface area contributed by atoms with Gasteiger partial charge >= 0.3 is 0 Å². The van der Waals surface area contributed by atoms with E-state index in [1.54, 1.807) is 0 Å². The van der Waals surface area contributed by atoms with E-state index in [1.165, 1.54) is 0 Å². The van der Waals surface area contributed by atoms with Crippen LogP contribution in [-0.4, -0.2) is 37.1 Å². The Hall–Kier alpha value is -0.120. The fraction of sp³-hybridized carbons (Fsp3) is 1.00. The summed E-state index contributed by atoms with van der Waals surface area (Å²) in [6, 6.07) is 0. The molecule has 1 aliphatic heterocycles. The monoisotopic (exact) mass is 202 g/mol. The van der Waals surface area contributed by atoms with Crippen LogP contribution >= 0.6 is 0 Å². The molecule has 14 heavy (non-hydrogen) atoms. The summed E-state index contributed by atoms with van der Waals surface area (Å²) in [5.74, 6) is 0. The lowest BCUT2D eigenvalue weighted by atomic mass is 9.80. The molecule has 3 nitrogen and oxygen atoms in total. The van der Waals surface area contributed by atoms with E-state index in [0.29, 0.717) is 6.61 Å². The maximum absolute atomic E-state index is 9.42. The molecule has 1 aliphatic rings. The number of aliphatic hydroxyl groups excluding tert-OH is 1. The molecule has 0 aromatic rings. The van der Waals surface area contributed by atoms with Gasteiger partial charge < -0.3 is 14.6 Å². The predicted octanol–water partition coefficient (Wildman–Crippen LogP) is 1.59. The number of hydrogen-bond donors (Lipinski definition) is 1. The Morgan fingerprint density at radius 2 is 2.29 bits per heavy atom. The molecule has 0 aromatic heterocycles. The number of rotatable bonds is 5. The predicted molar refractivity (Wildman–Crippen MR) is 55.3 cm³/mol. The molecule has 0 bridgehead atoms. The van der Waals surface area contributed by atoms with Gasteiger partial charge in [-0.1, -0.05) is 0 Å². The lowest BCUT2D eigenvalue weighted by Gasteiger charge is -2.30. The van der Waals surface area contributed by atoms with Crippen molar-refractivity contribution in [1.29, 1.82) is 0 Å². The van der Waals surface area contributed by atoms with Crippen LogP contribution in [0.25, 0.3) is 0 Å². The Balaban J connectivity index is 2.37. The van der Waals surface area contributed by atoms with Crippen LogP contribution in [0.3, 0.4) is 0 Å². The van der Waals surface area contributed by atoms with Crippen LogP contribution in [0.5, 0.6) is 0 Å². The Kier molecular flexibility index (Phi) is 4.35. The normalized spacial score (nSPS) is 32.8. The lowest BCUT2D eigenvalue weighted by Crippen LogP contribution is -2.34. The van der Waals surface area contributed by atoms with E-state index < -0.39 is 0 Å². The van der Waals surface area contributed by atoms with Gasteiger partial charge in [-0.25, -0.2) is 0 Å². The van der Waals surface area contributed by atoms with E-state index in [0.717, 1.165) is 19.4 Å². The van der Waals surface area contributed by atoms with Crippen LogP contribution in [0.15, 0.2) is 0 Å². The van der Waals surface area contributed by atoms with Crippen molar-refractivity contribution >= 4 is 0 Å². The molecule has 1 rings (SSSR count). The van der Waals surface area contributed by atoms with Gasteiger partial charge in [-0.2, -0.15) is 0 Å². The lowest BCUT2D eigenvalue weighted by molar-refractivity contribution is -0.00977. The molecule has 3 heteroatoms. The number of aliphatic hydroxyl groups is 1. The second-order valence-electron chi connectivity index (χ2n) is 4.45. The third-order valence-electron chi connectivity index (χ3n) is 3.20. The molecule has 1 heterocycles. The summed E-state index contributed by atoms with van der Waals surface area (Å²) < 4.78 is 11.0. The van der Waals surface area contributed by atoms with Gasteiger partial charge in [0.05, 0.1) is 18.8 Å². The number of hydrogen-bond acceptors (Lipinski definition) is 3. The molecule has 1 N–H and O–H groups in total. The van der Waals surface area contributed by atoms with Crippen LogP contribution in [0.2, 0.25) is 0 Å². The fourth-order valence-electron chi connectivity index (χ4n) is 1.93. The molecule has 0 aliphatic carbocycles. The van der Waals surface area contributed by atoms with Crippen LogP contribution in [0.1, 0.15) is 33.6 Å². The Bertz CT molecular complexity index is 170. The van der Waals surface area contributed by atoms with Gasteiger partial charge in [0, 0.05) is 18.6 Å². The van der Waals surface area contributed by atoms with Crippen molar-refractivity contribution in [3.05, 3.63) is 0 Å². The van der Waals surface area contributed by atoms with E-state index in [1.807, 2.05) is 20.8 Å². The van der Waals surface area contributed by atoms with E-state index in [-0.39, 0.29) is 24.2 Å². The van der Waals surface area contributed by atoms with E-state index in [4.69, 9.17) is 9.47 Å². The molecule has 1 fully saturated rings. The molecule has 84 valence electrons. The third-order valence-corrected chi connectivity index (χ3v) is 3.20. The minimum Gasteiger partial charge on any atom is -0.396 e. The van der Waals surface area contributed by atoms with Gasteiger partial charge in [0.25, 0.3) is 0 Å². The van der Waals surface area contributed by atoms with Crippen molar-refractivity contribution in [2.75, 3.05) is 19.8 Å². The van der Waals surface area contributed by atoms with Crippen molar-refractivity contribution < 1.29 is 14.6 Å². The molecule has 0 aromatic carbocycles. The van der Waals surface area contributed by atoms with Gasteiger partial charge in [0.1, 0.15) is 0 Å². The zero-order chi connectivity index (χ0) is 10.6. The maximum atomic E-state index is 9.42. The first-order chi connectivity index (χ1) is 6.60. The summed E-state index contributed by atoms with van der Waals surface area (Å²) >= 11 is 0. The highest BCUT2D eigenvalue weighted by molar-refractivity contribution is 4.88. The average molecular weight is 202 g/mol. The van der Waals surface area contributed by atoms with Gasteiger partial charge in [-0.15, -0.1) is 0 Å². The summed E-state index contributed by atoms with van der Waals surface area (Å²) in [6.45, 7) is 7.78. The highest BCUT2D eigenvalue weighted by Crippen LogP contribution is 2.37. The fourth-order valence-corrected chi connectivity index (χ4v) is 1.93. The molecule has 0 spiro atoms. The summed E-state index contributed by atoms with van der Waals surface area (Å²) in [5.41, 5.74) is -0.0606. The van der Waals surface area contributed by atoms with Crippen LogP contribution in [0.4, 0.5) is 0 Å². The Morgan fingerprint density at radius 1 is 1.57 bits per heavy atom. The van der Waals surface area contributed by atoms with Crippen molar-refractivity contribution in [2.24, 2.45) is 5.41 Å². The zero-order valence-corrected chi connectivity index (χ0v) is 9.45. The molecular formula is C11H22O3. The molecule has 0 saturated carbocycles. The van der Waals surface area contributed by atoms with Crippen molar-refractivity contribution in [3.63, 3.8) is 0 Å². The first-order valence-corrected chi connectivity index (χ1v) is 5.45. The molecule has 2 unspecified atom stereocenters. The molecular weight excluding hydrogens is 180 g/mol. The first-order valence-electron chi connectivity index (χ1n) is 5.45. The Labute approximate surface area is 86.4 Å². The van der Waals surface area contributed by atoms with Gasteiger partial charge in [0.15, 0.2) is 0 Å². The topological polar surface area (TPSA) is 38.7 Å². The highest BCUT2D eigenvalue weighted by Gasteiger charge is 2.40. The second-order valence-corrected chi connectivity index (χ2v) is 4.45. The van der Waals surface area contributed by atoms with Crippen molar-refractivity contribution in [3.8, 4) is 0 Å². The van der Waals surface area contributed by atoms with Crippen LogP contribution < -0.4 is 0 Å². The maximum Gasteiger partial charge on any atom is 0.0626 e. The van der Waals surface area contributed by atoms with Crippen molar-refractivity contribution in [2.45, 2.75) is 45.8 Å². The quantitative estimate of drug-likeness (QED) is 0.735. The first kappa shape index (κ1) is 12.0. The third kappa shape index (κ3) is 2.69. The van der Waals surface area contributed by atoms with Crippen LogP contribution in [0, 0.1) is 5.41 Å². The number of ether oxygens (including phenoxy) is 2. The van der Waals surface area contributed by atoms with Crippen LogP contribution in [-0.2, 0) is 9.47 Å². The molecule has 0 amide bonds.